The Balaban J connectivity index is 1.99. The van der Waals surface area contributed by atoms with E-state index in [1.807, 2.05) is 31.2 Å². The normalized spacial score (nSPS) is 10.6. The average Bonchev–Trinajstić information content (AvgIpc) is 2.48. The fraction of sp³-hybridized carbons (Fsp3) is 0.0625. The Kier molecular flexibility index (Phi) is 3.54. The monoisotopic (exact) mass is 297 g/mol. The largest absolute Gasteiger partial charge is 0.307 e. The van der Waals surface area contributed by atoms with Crippen LogP contribution in [0.15, 0.2) is 48.7 Å². The van der Waals surface area contributed by atoms with E-state index in [-0.39, 0.29) is 5.91 Å². The SMILES string of the molecule is Cc1cc(C(=O)Nc2ccc(Cl)cn2)c2ccccc2n1. The summed E-state index contributed by atoms with van der Waals surface area (Å²) >= 11 is 5.78. The van der Waals surface area contributed by atoms with E-state index in [1.54, 1.807) is 18.2 Å². The molecule has 1 amide bonds. The first-order valence-corrected chi connectivity index (χ1v) is 6.80. The quantitative estimate of drug-likeness (QED) is 0.782. The summed E-state index contributed by atoms with van der Waals surface area (Å²) in [7, 11) is 0. The maximum absolute atomic E-state index is 12.5. The van der Waals surface area contributed by atoms with Gasteiger partial charge in [0.1, 0.15) is 5.82 Å². The van der Waals surface area contributed by atoms with Crippen molar-refractivity contribution in [2.75, 3.05) is 5.32 Å². The summed E-state index contributed by atoms with van der Waals surface area (Å²) in [5.74, 6) is 0.245. The van der Waals surface area contributed by atoms with Crippen LogP contribution in [0.4, 0.5) is 5.82 Å². The van der Waals surface area contributed by atoms with Gasteiger partial charge in [-0.1, -0.05) is 29.8 Å². The van der Waals surface area contributed by atoms with Crippen molar-refractivity contribution in [1.29, 1.82) is 0 Å². The second-order valence-electron chi connectivity index (χ2n) is 4.64. The minimum absolute atomic E-state index is 0.216. The molecule has 0 saturated carbocycles. The zero-order valence-electron chi connectivity index (χ0n) is 11.3. The molecule has 0 aliphatic rings. The van der Waals surface area contributed by atoms with Crippen LogP contribution in [0.3, 0.4) is 0 Å². The average molecular weight is 298 g/mol. The lowest BCUT2D eigenvalue weighted by Gasteiger charge is -2.08. The van der Waals surface area contributed by atoms with E-state index in [0.29, 0.717) is 16.4 Å². The number of carbonyl (C=O) groups is 1. The van der Waals surface area contributed by atoms with Crippen LogP contribution in [0, 0.1) is 6.92 Å². The number of pyridine rings is 2. The van der Waals surface area contributed by atoms with Gasteiger partial charge in [0, 0.05) is 17.3 Å². The molecule has 5 heteroatoms. The second kappa shape index (κ2) is 5.50. The van der Waals surface area contributed by atoms with Crippen molar-refractivity contribution in [3.05, 3.63) is 64.9 Å². The molecule has 0 spiro atoms. The molecule has 1 N–H and O–H groups in total. The van der Waals surface area contributed by atoms with Crippen molar-refractivity contribution in [2.45, 2.75) is 6.92 Å². The first-order chi connectivity index (χ1) is 10.1. The van der Waals surface area contributed by atoms with Crippen LogP contribution in [0.5, 0.6) is 0 Å². The molecule has 0 atom stereocenters. The number of anilines is 1. The molecular formula is C16H12ClN3O. The lowest BCUT2D eigenvalue weighted by Crippen LogP contribution is -2.14. The van der Waals surface area contributed by atoms with Crippen molar-refractivity contribution in [2.24, 2.45) is 0 Å². The minimum atomic E-state index is -0.216. The fourth-order valence-electron chi connectivity index (χ4n) is 2.13. The van der Waals surface area contributed by atoms with Gasteiger partial charge in [-0.25, -0.2) is 4.98 Å². The molecule has 0 aliphatic carbocycles. The Labute approximate surface area is 126 Å². The third-order valence-corrected chi connectivity index (χ3v) is 3.28. The molecule has 0 aliphatic heterocycles. The summed E-state index contributed by atoms with van der Waals surface area (Å²) in [5.41, 5.74) is 2.17. The van der Waals surface area contributed by atoms with Gasteiger partial charge in [-0.2, -0.15) is 0 Å². The van der Waals surface area contributed by atoms with Crippen molar-refractivity contribution in [1.82, 2.24) is 9.97 Å². The van der Waals surface area contributed by atoms with Gasteiger partial charge in [0.25, 0.3) is 5.91 Å². The van der Waals surface area contributed by atoms with Crippen LogP contribution in [0.2, 0.25) is 5.02 Å². The summed E-state index contributed by atoms with van der Waals surface area (Å²) in [6.45, 7) is 1.86. The summed E-state index contributed by atoms with van der Waals surface area (Å²) in [6.07, 6.45) is 1.49. The predicted octanol–water partition coefficient (Wildman–Crippen LogP) is 3.84. The highest BCUT2D eigenvalue weighted by molar-refractivity contribution is 6.30. The maximum Gasteiger partial charge on any atom is 0.257 e. The number of carbonyl (C=O) groups excluding carboxylic acids is 1. The highest BCUT2D eigenvalue weighted by Gasteiger charge is 2.12. The van der Waals surface area contributed by atoms with E-state index >= 15 is 0 Å². The van der Waals surface area contributed by atoms with E-state index in [4.69, 9.17) is 11.6 Å². The summed E-state index contributed by atoms with van der Waals surface area (Å²) in [4.78, 5) is 20.9. The molecule has 1 aromatic carbocycles. The summed E-state index contributed by atoms with van der Waals surface area (Å²) < 4.78 is 0. The molecule has 3 rings (SSSR count). The van der Waals surface area contributed by atoms with Crippen molar-refractivity contribution in [3.8, 4) is 0 Å². The number of para-hydroxylation sites is 1. The molecule has 0 saturated heterocycles. The lowest BCUT2D eigenvalue weighted by molar-refractivity contribution is 0.102. The standard InChI is InChI=1S/C16H12ClN3O/c1-10-8-13(12-4-2-3-5-14(12)19-10)16(21)20-15-7-6-11(17)9-18-15/h2-9H,1H3,(H,18,20,21). The molecule has 0 radical (unpaired) electrons. The number of halogens is 1. The van der Waals surface area contributed by atoms with Crippen LogP contribution in [-0.2, 0) is 0 Å². The fourth-order valence-corrected chi connectivity index (χ4v) is 2.24. The molecule has 2 aromatic heterocycles. The topological polar surface area (TPSA) is 54.9 Å². The van der Waals surface area contributed by atoms with Gasteiger partial charge in [-0.3, -0.25) is 9.78 Å². The van der Waals surface area contributed by atoms with Crippen molar-refractivity contribution in [3.63, 3.8) is 0 Å². The highest BCUT2D eigenvalue weighted by Crippen LogP contribution is 2.19. The van der Waals surface area contributed by atoms with Gasteiger partial charge in [0.15, 0.2) is 0 Å². The van der Waals surface area contributed by atoms with Crippen LogP contribution >= 0.6 is 11.6 Å². The third-order valence-electron chi connectivity index (χ3n) is 3.06. The number of hydrogen-bond acceptors (Lipinski definition) is 3. The zero-order chi connectivity index (χ0) is 14.8. The number of nitrogens with one attached hydrogen (secondary N) is 1. The third kappa shape index (κ3) is 2.85. The molecule has 0 fully saturated rings. The number of hydrogen-bond donors (Lipinski definition) is 1. The van der Waals surface area contributed by atoms with E-state index < -0.39 is 0 Å². The van der Waals surface area contributed by atoms with Gasteiger partial charge in [0.05, 0.1) is 16.1 Å². The zero-order valence-corrected chi connectivity index (χ0v) is 12.1. The smallest absolute Gasteiger partial charge is 0.257 e. The minimum Gasteiger partial charge on any atom is -0.307 e. The van der Waals surface area contributed by atoms with Gasteiger partial charge in [0.2, 0.25) is 0 Å². The first kappa shape index (κ1) is 13.5. The number of aryl methyl sites for hydroxylation is 1. The molecule has 104 valence electrons. The van der Waals surface area contributed by atoms with Crippen molar-refractivity contribution < 1.29 is 4.79 Å². The Morgan fingerprint density at radius 1 is 1.19 bits per heavy atom. The number of rotatable bonds is 2. The molecule has 21 heavy (non-hydrogen) atoms. The van der Waals surface area contributed by atoms with Gasteiger partial charge in [-0.05, 0) is 31.2 Å². The van der Waals surface area contributed by atoms with Gasteiger partial charge < -0.3 is 5.32 Å². The maximum atomic E-state index is 12.5. The van der Waals surface area contributed by atoms with Crippen LogP contribution in [-0.4, -0.2) is 15.9 Å². The Morgan fingerprint density at radius 3 is 2.76 bits per heavy atom. The van der Waals surface area contributed by atoms with E-state index in [9.17, 15) is 4.79 Å². The number of benzene rings is 1. The molecule has 0 unspecified atom stereocenters. The van der Waals surface area contributed by atoms with Gasteiger partial charge >= 0.3 is 0 Å². The summed E-state index contributed by atoms with van der Waals surface area (Å²) in [6, 6.07) is 12.7. The molecular weight excluding hydrogens is 286 g/mol. The Bertz CT molecular complexity index is 815. The summed E-state index contributed by atoms with van der Waals surface area (Å²) in [5, 5.41) is 4.11. The number of aromatic nitrogens is 2. The van der Waals surface area contributed by atoms with Gasteiger partial charge in [-0.15, -0.1) is 0 Å². The predicted molar refractivity (Wildman–Crippen MR) is 83.7 cm³/mol. The molecule has 4 nitrogen and oxygen atoms in total. The van der Waals surface area contributed by atoms with Crippen LogP contribution < -0.4 is 5.32 Å². The Morgan fingerprint density at radius 2 is 2.00 bits per heavy atom. The van der Waals surface area contributed by atoms with E-state index in [2.05, 4.69) is 15.3 Å². The van der Waals surface area contributed by atoms with E-state index in [0.717, 1.165) is 16.6 Å². The molecule has 2 heterocycles. The number of amides is 1. The lowest BCUT2D eigenvalue weighted by atomic mass is 10.1. The molecule has 3 aromatic rings. The Hall–Kier alpha value is -2.46. The van der Waals surface area contributed by atoms with Crippen LogP contribution in [0.1, 0.15) is 16.1 Å². The van der Waals surface area contributed by atoms with Crippen LogP contribution in [0.25, 0.3) is 10.9 Å². The highest BCUT2D eigenvalue weighted by atomic mass is 35.5. The number of fused-ring (bicyclic) bond motifs is 1. The second-order valence-corrected chi connectivity index (χ2v) is 5.08. The molecule has 0 bridgehead atoms. The van der Waals surface area contributed by atoms with E-state index in [1.165, 1.54) is 6.20 Å². The first-order valence-electron chi connectivity index (χ1n) is 6.43. The number of nitrogens with zero attached hydrogens (tertiary/aromatic N) is 2. The van der Waals surface area contributed by atoms with Crippen molar-refractivity contribution >= 4 is 34.2 Å².